The highest BCUT2D eigenvalue weighted by atomic mass is 79.9. The number of carboxylic acid groups (broad SMARTS) is 2. The van der Waals surface area contributed by atoms with E-state index in [1.165, 1.54) is 15.6 Å². The van der Waals surface area contributed by atoms with Crippen molar-refractivity contribution in [3.8, 4) is 0 Å². The quantitative estimate of drug-likeness (QED) is 0.666. The summed E-state index contributed by atoms with van der Waals surface area (Å²) < 4.78 is 1.21. The minimum Gasteiger partial charge on any atom is -0.473 e. The molecule has 0 saturated carbocycles. The number of piperazine rings is 1. The van der Waals surface area contributed by atoms with Crippen LogP contribution in [0, 0.1) is 0 Å². The van der Waals surface area contributed by atoms with Crippen molar-refractivity contribution in [2.24, 2.45) is 0 Å². The highest BCUT2D eigenvalue weighted by Crippen LogP contribution is 2.19. The van der Waals surface area contributed by atoms with Crippen molar-refractivity contribution >= 4 is 39.5 Å². The highest BCUT2D eigenvalue weighted by Gasteiger charge is 2.17. The number of hydrogen-bond donors (Lipinski definition) is 2. The molecule has 0 amide bonds. The highest BCUT2D eigenvalue weighted by molar-refractivity contribution is 9.10. The lowest BCUT2D eigenvalue weighted by atomic mass is 10.1. The van der Waals surface area contributed by atoms with Crippen LogP contribution in [0.5, 0.6) is 0 Å². The topological polar surface area (TPSA) is 81.1 Å². The maximum Gasteiger partial charge on any atom is 0.414 e. The molecule has 2 aromatic carbocycles. The van der Waals surface area contributed by atoms with Crippen molar-refractivity contribution in [2.45, 2.75) is 13.1 Å². The van der Waals surface area contributed by atoms with Gasteiger partial charge in [-0.1, -0.05) is 57.9 Å². The lowest BCUT2D eigenvalue weighted by molar-refractivity contribution is -0.159. The molecule has 0 bridgehead atoms. The van der Waals surface area contributed by atoms with Crippen molar-refractivity contribution < 1.29 is 19.8 Å². The number of carbonyl (C=O) groups is 2. The van der Waals surface area contributed by atoms with E-state index < -0.39 is 11.9 Å². The zero-order chi connectivity index (χ0) is 20.5. The van der Waals surface area contributed by atoms with Crippen molar-refractivity contribution in [3.05, 3.63) is 69.2 Å². The van der Waals surface area contributed by atoms with Gasteiger partial charge in [0.1, 0.15) is 0 Å². The Morgan fingerprint density at radius 3 is 1.86 bits per heavy atom. The molecule has 0 spiro atoms. The van der Waals surface area contributed by atoms with Crippen LogP contribution < -0.4 is 0 Å². The van der Waals surface area contributed by atoms with Gasteiger partial charge >= 0.3 is 11.9 Å². The number of nitrogens with zero attached hydrogens (tertiary/aromatic N) is 2. The molecule has 0 aliphatic carbocycles. The summed E-state index contributed by atoms with van der Waals surface area (Å²) in [5, 5.41) is 15.6. The Morgan fingerprint density at radius 1 is 0.857 bits per heavy atom. The van der Waals surface area contributed by atoms with E-state index in [4.69, 9.17) is 31.4 Å². The second kappa shape index (κ2) is 11.2. The van der Waals surface area contributed by atoms with Gasteiger partial charge in [0.25, 0.3) is 0 Å². The maximum atomic E-state index is 9.10. The summed E-state index contributed by atoms with van der Waals surface area (Å²) in [7, 11) is 0. The van der Waals surface area contributed by atoms with E-state index in [0.29, 0.717) is 0 Å². The molecule has 2 N–H and O–H groups in total. The Kier molecular flexibility index (Phi) is 8.92. The largest absolute Gasteiger partial charge is 0.473 e. The molecule has 0 aromatic heterocycles. The summed E-state index contributed by atoms with van der Waals surface area (Å²) in [5.41, 5.74) is 2.71. The van der Waals surface area contributed by atoms with E-state index in [-0.39, 0.29) is 0 Å². The van der Waals surface area contributed by atoms with Gasteiger partial charge in [-0.2, -0.15) is 0 Å². The summed E-state index contributed by atoms with van der Waals surface area (Å²) in [5.74, 6) is -3.65. The average molecular weight is 470 g/mol. The first kappa shape index (κ1) is 22.4. The van der Waals surface area contributed by atoms with Gasteiger partial charge in [-0.05, 0) is 29.3 Å². The molecule has 1 heterocycles. The molecule has 0 radical (unpaired) electrons. The van der Waals surface area contributed by atoms with Gasteiger partial charge in [0.2, 0.25) is 0 Å². The van der Waals surface area contributed by atoms with E-state index in [1.807, 2.05) is 12.1 Å². The lowest BCUT2D eigenvalue weighted by Gasteiger charge is -2.35. The fourth-order valence-corrected chi connectivity index (χ4v) is 3.36. The first-order valence-corrected chi connectivity index (χ1v) is 9.91. The summed E-state index contributed by atoms with van der Waals surface area (Å²) in [6, 6.07) is 16.7. The van der Waals surface area contributed by atoms with Crippen LogP contribution in [0.1, 0.15) is 11.1 Å². The molecule has 0 atom stereocenters. The van der Waals surface area contributed by atoms with Gasteiger partial charge < -0.3 is 10.2 Å². The van der Waals surface area contributed by atoms with Crippen LogP contribution in [0.4, 0.5) is 0 Å². The molecule has 1 fully saturated rings. The summed E-state index contributed by atoms with van der Waals surface area (Å²) in [4.78, 5) is 23.2. The summed E-state index contributed by atoms with van der Waals surface area (Å²) in [6.07, 6.45) is 0. The maximum absolute atomic E-state index is 9.10. The molecular weight excluding hydrogens is 448 g/mol. The van der Waals surface area contributed by atoms with E-state index in [9.17, 15) is 0 Å². The zero-order valence-corrected chi connectivity index (χ0v) is 17.6. The number of hydrogen-bond acceptors (Lipinski definition) is 4. The van der Waals surface area contributed by atoms with Crippen LogP contribution in [0.2, 0.25) is 5.02 Å². The van der Waals surface area contributed by atoms with Crippen molar-refractivity contribution in [1.82, 2.24) is 9.80 Å². The minimum atomic E-state index is -1.82. The third-order valence-electron chi connectivity index (χ3n) is 4.32. The molecule has 1 aliphatic rings. The second-order valence-corrected chi connectivity index (χ2v) is 7.67. The molecule has 0 unspecified atom stereocenters. The molecule has 28 heavy (non-hydrogen) atoms. The average Bonchev–Trinajstić information content (AvgIpc) is 2.67. The number of benzene rings is 2. The Labute approximate surface area is 177 Å². The number of rotatable bonds is 4. The molecule has 1 saturated heterocycles. The van der Waals surface area contributed by atoms with Gasteiger partial charge in [-0.25, -0.2) is 9.59 Å². The predicted octanol–water partition coefficient (Wildman–Crippen LogP) is 3.58. The Hall–Kier alpha value is -1.93. The first-order valence-electron chi connectivity index (χ1n) is 8.74. The lowest BCUT2D eigenvalue weighted by Crippen LogP contribution is -2.45. The van der Waals surface area contributed by atoms with Crippen molar-refractivity contribution in [2.75, 3.05) is 26.2 Å². The SMILES string of the molecule is Clc1ccc(CN2CCN(Cc3ccccc3Br)CC2)cc1.O=C(O)C(=O)O. The van der Waals surface area contributed by atoms with Crippen molar-refractivity contribution in [3.63, 3.8) is 0 Å². The van der Waals surface area contributed by atoms with Gasteiger partial charge in [0, 0.05) is 48.8 Å². The summed E-state index contributed by atoms with van der Waals surface area (Å²) >= 11 is 9.58. The van der Waals surface area contributed by atoms with Crippen LogP contribution in [0.25, 0.3) is 0 Å². The third-order valence-corrected chi connectivity index (χ3v) is 5.34. The van der Waals surface area contributed by atoms with Crippen LogP contribution in [0.15, 0.2) is 53.0 Å². The summed E-state index contributed by atoms with van der Waals surface area (Å²) in [6.45, 7) is 6.51. The minimum absolute atomic E-state index is 0.807. The standard InChI is InChI=1S/C18H20BrClN2.C2H2O4/c19-18-4-2-1-3-16(18)14-22-11-9-21(10-12-22)13-15-5-7-17(20)8-6-15;3-1(4)2(5)6/h1-8H,9-14H2;(H,3,4)(H,5,6). The van der Waals surface area contributed by atoms with Crippen LogP contribution in [0.3, 0.4) is 0 Å². The molecule has 150 valence electrons. The number of carboxylic acids is 2. The Morgan fingerprint density at radius 2 is 1.36 bits per heavy atom. The van der Waals surface area contributed by atoms with Gasteiger partial charge in [-0.3, -0.25) is 9.80 Å². The Bertz CT molecular complexity index is 781. The van der Waals surface area contributed by atoms with Gasteiger partial charge in [-0.15, -0.1) is 0 Å². The third kappa shape index (κ3) is 7.59. The van der Waals surface area contributed by atoms with E-state index >= 15 is 0 Å². The monoisotopic (exact) mass is 468 g/mol. The molecule has 6 nitrogen and oxygen atoms in total. The molecule has 3 rings (SSSR count). The molecular formula is C20H22BrClN2O4. The molecule has 8 heteroatoms. The van der Waals surface area contributed by atoms with E-state index in [0.717, 1.165) is 44.3 Å². The van der Waals surface area contributed by atoms with E-state index in [1.54, 1.807) is 0 Å². The smallest absolute Gasteiger partial charge is 0.414 e. The van der Waals surface area contributed by atoms with Crippen LogP contribution in [-0.4, -0.2) is 58.1 Å². The van der Waals surface area contributed by atoms with Crippen LogP contribution >= 0.6 is 27.5 Å². The molecule has 1 aliphatic heterocycles. The van der Waals surface area contributed by atoms with Gasteiger partial charge in [0.05, 0.1) is 0 Å². The predicted molar refractivity (Wildman–Crippen MR) is 111 cm³/mol. The molecule has 2 aromatic rings. The van der Waals surface area contributed by atoms with Crippen LogP contribution in [-0.2, 0) is 22.7 Å². The van der Waals surface area contributed by atoms with Gasteiger partial charge in [0.15, 0.2) is 0 Å². The number of halogens is 2. The fourth-order valence-electron chi connectivity index (χ4n) is 2.82. The van der Waals surface area contributed by atoms with Crippen molar-refractivity contribution in [1.29, 1.82) is 0 Å². The fraction of sp³-hybridized carbons (Fsp3) is 0.300. The normalized spacial score (nSPS) is 14.8. The van der Waals surface area contributed by atoms with E-state index in [2.05, 4.69) is 62.1 Å². The first-order chi connectivity index (χ1) is 13.3. The Balaban J connectivity index is 0.000000409. The zero-order valence-electron chi connectivity index (χ0n) is 15.2. The second-order valence-electron chi connectivity index (χ2n) is 6.38. The number of aliphatic carboxylic acids is 2.